The van der Waals surface area contributed by atoms with Gasteiger partial charge >= 0.3 is 0 Å². The van der Waals surface area contributed by atoms with E-state index in [1.165, 1.54) is 0 Å². The van der Waals surface area contributed by atoms with Crippen LogP contribution in [0, 0.1) is 6.92 Å². The molecule has 5 nitrogen and oxygen atoms in total. The van der Waals surface area contributed by atoms with E-state index in [1.54, 1.807) is 11.3 Å². The molecule has 0 fully saturated rings. The van der Waals surface area contributed by atoms with Crippen molar-refractivity contribution in [3.05, 3.63) is 16.1 Å². The second kappa shape index (κ2) is 6.44. The average molecular weight is 242 g/mol. The summed E-state index contributed by atoms with van der Waals surface area (Å²) < 4.78 is 0. The lowest BCUT2D eigenvalue weighted by Gasteiger charge is -2.18. The molecule has 0 atom stereocenters. The first-order chi connectivity index (χ1) is 7.65. The monoisotopic (exact) mass is 242 g/mol. The summed E-state index contributed by atoms with van der Waals surface area (Å²) >= 11 is 1.66. The predicted molar refractivity (Wildman–Crippen MR) is 65.8 cm³/mol. The first-order valence-electron chi connectivity index (χ1n) is 5.25. The van der Waals surface area contributed by atoms with Gasteiger partial charge in [0.2, 0.25) is 0 Å². The maximum Gasteiger partial charge on any atom is 0.140 e. The summed E-state index contributed by atoms with van der Waals surface area (Å²) in [6.45, 7) is 6.62. The van der Waals surface area contributed by atoms with Gasteiger partial charge in [0.15, 0.2) is 0 Å². The third-order valence-electron chi connectivity index (χ3n) is 2.31. The van der Waals surface area contributed by atoms with Crippen LogP contribution in [0.15, 0.2) is 10.5 Å². The van der Waals surface area contributed by atoms with Crippen LogP contribution in [0.4, 0.5) is 0 Å². The molecule has 1 aromatic heterocycles. The molecule has 0 aromatic carbocycles. The zero-order valence-corrected chi connectivity index (χ0v) is 10.5. The van der Waals surface area contributed by atoms with Gasteiger partial charge in [-0.3, -0.25) is 4.90 Å². The third kappa shape index (κ3) is 4.16. The molecule has 0 saturated heterocycles. The lowest BCUT2D eigenvalue weighted by molar-refractivity contribution is 0.280. The van der Waals surface area contributed by atoms with Crippen LogP contribution in [0.5, 0.6) is 0 Å². The Morgan fingerprint density at radius 1 is 1.69 bits per heavy atom. The first-order valence-corrected chi connectivity index (χ1v) is 6.13. The molecule has 90 valence electrons. The van der Waals surface area contributed by atoms with Crippen molar-refractivity contribution in [2.24, 2.45) is 10.9 Å². The van der Waals surface area contributed by atoms with E-state index < -0.39 is 0 Å². The van der Waals surface area contributed by atoms with Gasteiger partial charge in [-0.25, -0.2) is 4.98 Å². The van der Waals surface area contributed by atoms with Gasteiger partial charge in [-0.05, 0) is 13.5 Å². The van der Waals surface area contributed by atoms with E-state index in [-0.39, 0.29) is 5.84 Å². The molecule has 6 heteroatoms. The van der Waals surface area contributed by atoms with Crippen LogP contribution in [0.25, 0.3) is 0 Å². The Kier molecular flexibility index (Phi) is 5.21. The second-order valence-corrected chi connectivity index (χ2v) is 4.63. The highest BCUT2D eigenvalue weighted by atomic mass is 32.1. The molecule has 0 radical (unpaired) electrons. The lowest BCUT2D eigenvalue weighted by Crippen LogP contribution is -2.28. The Labute approximate surface area is 99.6 Å². The molecule has 0 spiro atoms. The van der Waals surface area contributed by atoms with E-state index in [4.69, 9.17) is 10.9 Å². The standard InChI is InChI=1S/C10H18N4OS/c1-3-14(5-4-10(11)13-15)6-9-7-16-8(2)12-9/h7,15H,3-6H2,1-2H3,(H2,11,13). The van der Waals surface area contributed by atoms with Crippen molar-refractivity contribution in [2.75, 3.05) is 13.1 Å². The zero-order valence-electron chi connectivity index (χ0n) is 9.68. The third-order valence-corrected chi connectivity index (χ3v) is 3.13. The molecular weight excluding hydrogens is 224 g/mol. The number of hydrogen-bond donors (Lipinski definition) is 2. The number of aryl methyl sites for hydroxylation is 1. The first kappa shape index (κ1) is 12.9. The molecule has 0 bridgehead atoms. The van der Waals surface area contributed by atoms with E-state index in [9.17, 15) is 0 Å². The van der Waals surface area contributed by atoms with Gasteiger partial charge in [0.25, 0.3) is 0 Å². The normalized spacial score (nSPS) is 12.3. The predicted octanol–water partition coefficient (Wildman–Crippen LogP) is 1.41. The van der Waals surface area contributed by atoms with E-state index in [0.29, 0.717) is 6.42 Å². The van der Waals surface area contributed by atoms with Crippen LogP contribution in [0.2, 0.25) is 0 Å². The molecule has 1 aromatic rings. The SMILES string of the molecule is CCN(CCC(N)=NO)Cc1csc(C)n1. The number of oxime groups is 1. The number of nitrogens with zero attached hydrogens (tertiary/aromatic N) is 3. The average Bonchev–Trinajstić information content (AvgIpc) is 2.69. The molecule has 1 heterocycles. The summed E-state index contributed by atoms with van der Waals surface area (Å²) in [4.78, 5) is 6.63. The van der Waals surface area contributed by atoms with Gasteiger partial charge in [0.05, 0.1) is 10.7 Å². The largest absolute Gasteiger partial charge is 0.409 e. The van der Waals surface area contributed by atoms with E-state index in [0.717, 1.165) is 30.3 Å². The minimum atomic E-state index is 0.271. The fraction of sp³-hybridized carbons (Fsp3) is 0.600. The summed E-state index contributed by atoms with van der Waals surface area (Å²) in [6.07, 6.45) is 0.577. The smallest absolute Gasteiger partial charge is 0.140 e. The van der Waals surface area contributed by atoms with Gasteiger partial charge in [0, 0.05) is 24.9 Å². The van der Waals surface area contributed by atoms with Crippen molar-refractivity contribution in [3.63, 3.8) is 0 Å². The molecule has 0 saturated carbocycles. The number of nitrogens with two attached hydrogens (primary N) is 1. The summed E-state index contributed by atoms with van der Waals surface area (Å²) in [7, 11) is 0. The summed E-state index contributed by atoms with van der Waals surface area (Å²) in [5.41, 5.74) is 6.52. The highest BCUT2D eigenvalue weighted by Gasteiger charge is 2.07. The van der Waals surface area contributed by atoms with E-state index in [1.807, 2.05) is 6.92 Å². The van der Waals surface area contributed by atoms with Crippen molar-refractivity contribution < 1.29 is 5.21 Å². The number of amidine groups is 1. The maximum absolute atomic E-state index is 8.45. The van der Waals surface area contributed by atoms with E-state index >= 15 is 0 Å². The number of rotatable bonds is 6. The van der Waals surface area contributed by atoms with Gasteiger partial charge in [0.1, 0.15) is 5.84 Å². The van der Waals surface area contributed by atoms with Crippen LogP contribution in [-0.2, 0) is 6.54 Å². The van der Waals surface area contributed by atoms with Crippen molar-refractivity contribution in [2.45, 2.75) is 26.8 Å². The fourth-order valence-corrected chi connectivity index (χ4v) is 1.99. The van der Waals surface area contributed by atoms with Crippen molar-refractivity contribution >= 4 is 17.2 Å². The molecule has 0 aliphatic rings. The van der Waals surface area contributed by atoms with Crippen LogP contribution in [-0.4, -0.2) is 34.0 Å². The molecule has 16 heavy (non-hydrogen) atoms. The Morgan fingerprint density at radius 2 is 2.44 bits per heavy atom. The zero-order chi connectivity index (χ0) is 12.0. The minimum absolute atomic E-state index is 0.271. The molecule has 0 unspecified atom stereocenters. The summed E-state index contributed by atoms with van der Waals surface area (Å²) in [6, 6.07) is 0. The minimum Gasteiger partial charge on any atom is -0.409 e. The van der Waals surface area contributed by atoms with Gasteiger partial charge in [-0.2, -0.15) is 0 Å². The maximum atomic E-state index is 8.45. The molecule has 3 N–H and O–H groups in total. The molecule has 0 amide bonds. The second-order valence-electron chi connectivity index (χ2n) is 3.57. The number of aromatic nitrogens is 1. The fourth-order valence-electron chi connectivity index (χ4n) is 1.38. The van der Waals surface area contributed by atoms with Crippen LogP contribution >= 0.6 is 11.3 Å². The lowest BCUT2D eigenvalue weighted by atomic mass is 10.3. The van der Waals surface area contributed by atoms with Crippen molar-refractivity contribution in [1.29, 1.82) is 0 Å². The Balaban J connectivity index is 2.43. The van der Waals surface area contributed by atoms with E-state index in [2.05, 4.69) is 27.3 Å². The van der Waals surface area contributed by atoms with Crippen LogP contribution in [0.1, 0.15) is 24.0 Å². The Morgan fingerprint density at radius 3 is 2.94 bits per heavy atom. The molecule has 0 aliphatic carbocycles. The Hall–Kier alpha value is -1.14. The van der Waals surface area contributed by atoms with Crippen molar-refractivity contribution in [1.82, 2.24) is 9.88 Å². The van der Waals surface area contributed by atoms with Gasteiger partial charge in [-0.1, -0.05) is 12.1 Å². The molecule has 1 rings (SSSR count). The highest BCUT2D eigenvalue weighted by Crippen LogP contribution is 2.10. The highest BCUT2D eigenvalue weighted by molar-refractivity contribution is 7.09. The van der Waals surface area contributed by atoms with Crippen LogP contribution in [0.3, 0.4) is 0 Å². The topological polar surface area (TPSA) is 74.7 Å². The quantitative estimate of drug-likeness (QED) is 0.342. The van der Waals surface area contributed by atoms with Crippen LogP contribution < -0.4 is 5.73 Å². The Bertz CT molecular complexity index is 350. The summed E-state index contributed by atoms with van der Waals surface area (Å²) in [5, 5.41) is 14.6. The number of thiazole rings is 1. The van der Waals surface area contributed by atoms with Gasteiger partial charge < -0.3 is 10.9 Å². The summed E-state index contributed by atoms with van der Waals surface area (Å²) in [5.74, 6) is 0.271. The molecular formula is C10H18N4OS. The number of hydrogen-bond acceptors (Lipinski definition) is 5. The molecule has 0 aliphatic heterocycles. The van der Waals surface area contributed by atoms with Crippen molar-refractivity contribution in [3.8, 4) is 0 Å². The van der Waals surface area contributed by atoms with Gasteiger partial charge in [-0.15, -0.1) is 11.3 Å².